The zero-order valence-corrected chi connectivity index (χ0v) is 8.80. The Kier molecular flexibility index (Phi) is 2.18. The summed E-state index contributed by atoms with van der Waals surface area (Å²) >= 11 is 1.35. The molecule has 2 aromatic rings. The average molecular weight is 203 g/mol. The van der Waals surface area contributed by atoms with Crippen molar-refractivity contribution in [3.63, 3.8) is 0 Å². The third-order valence-electron chi connectivity index (χ3n) is 2.05. The first-order chi connectivity index (χ1) is 6.72. The molecule has 70 valence electrons. The number of pyridine rings is 1. The van der Waals surface area contributed by atoms with Crippen LogP contribution in [0.4, 0.5) is 0 Å². The molecule has 0 bridgehead atoms. The van der Waals surface area contributed by atoms with E-state index in [1.165, 1.54) is 11.3 Å². The minimum Gasteiger partial charge on any atom is -0.244 e. The first-order valence-electron chi connectivity index (χ1n) is 4.38. The van der Waals surface area contributed by atoms with E-state index < -0.39 is 0 Å². The van der Waals surface area contributed by atoms with Crippen LogP contribution in [-0.2, 0) is 0 Å². The molecule has 0 spiro atoms. The third-order valence-corrected chi connectivity index (χ3v) is 2.91. The summed E-state index contributed by atoms with van der Waals surface area (Å²) in [6.45, 7) is 4.22. The van der Waals surface area contributed by atoms with Gasteiger partial charge in [0.15, 0.2) is 5.01 Å². The summed E-state index contributed by atoms with van der Waals surface area (Å²) in [5, 5.41) is 9.22. The molecule has 2 heterocycles. The Labute approximate surface area is 86.0 Å². The van der Waals surface area contributed by atoms with Gasteiger partial charge in [-0.15, -0.1) is 0 Å². The highest BCUT2D eigenvalue weighted by atomic mass is 32.1. The smallest absolute Gasteiger partial charge is 0.197 e. The van der Waals surface area contributed by atoms with Gasteiger partial charge in [0.25, 0.3) is 0 Å². The van der Waals surface area contributed by atoms with Crippen LogP contribution >= 0.6 is 11.3 Å². The van der Waals surface area contributed by atoms with Gasteiger partial charge in [0.05, 0.1) is 0 Å². The van der Waals surface area contributed by atoms with Gasteiger partial charge in [-0.25, -0.2) is 9.97 Å². The van der Waals surface area contributed by atoms with E-state index in [-0.39, 0.29) is 0 Å². The Morgan fingerprint density at radius 3 is 2.93 bits per heavy atom. The van der Waals surface area contributed by atoms with Crippen LogP contribution in [0.2, 0.25) is 0 Å². The van der Waals surface area contributed by atoms with Crippen molar-refractivity contribution in [3.05, 3.63) is 22.8 Å². The van der Waals surface area contributed by atoms with E-state index in [2.05, 4.69) is 23.8 Å². The number of nitrogens with zero attached hydrogens (tertiary/aromatic N) is 3. The van der Waals surface area contributed by atoms with Gasteiger partial charge in [0.2, 0.25) is 0 Å². The molecule has 0 saturated heterocycles. The van der Waals surface area contributed by atoms with E-state index in [0.717, 1.165) is 15.9 Å². The Morgan fingerprint density at radius 1 is 1.50 bits per heavy atom. The number of hydrogen-bond donors (Lipinski definition) is 0. The van der Waals surface area contributed by atoms with Gasteiger partial charge in [-0.3, -0.25) is 0 Å². The van der Waals surface area contributed by atoms with Crippen molar-refractivity contribution in [1.82, 2.24) is 9.97 Å². The van der Waals surface area contributed by atoms with E-state index in [4.69, 9.17) is 5.26 Å². The number of nitriles is 1. The molecule has 0 aromatic carbocycles. The summed E-state index contributed by atoms with van der Waals surface area (Å²) in [7, 11) is 0. The summed E-state index contributed by atoms with van der Waals surface area (Å²) in [4.78, 5) is 9.30. The molecule has 0 atom stereocenters. The molecule has 3 nitrogen and oxygen atoms in total. The fourth-order valence-electron chi connectivity index (χ4n) is 1.37. The van der Waals surface area contributed by atoms with Gasteiger partial charge in [-0.2, -0.15) is 5.26 Å². The van der Waals surface area contributed by atoms with Crippen molar-refractivity contribution < 1.29 is 0 Å². The highest BCUT2D eigenvalue weighted by Gasteiger charge is 2.10. The van der Waals surface area contributed by atoms with Crippen LogP contribution < -0.4 is 0 Å². The SMILES string of the molecule is CC(C)c1ccnc2sc(C#N)nc12. The molecule has 0 saturated carbocycles. The summed E-state index contributed by atoms with van der Waals surface area (Å²) in [5.74, 6) is 0.411. The molecule has 2 aromatic heterocycles. The van der Waals surface area contributed by atoms with Gasteiger partial charge < -0.3 is 0 Å². The molecule has 14 heavy (non-hydrogen) atoms. The lowest BCUT2D eigenvalue weighted by Gasteiger charge is -2.03. The molecule has 0 fully saturated rings. The number of rotatable bonds is 1. The molecule has 2 rings (SSSR count). The molecule has 0 aliphatic carbocycles. The molecular formula is C10H9N3S. The minimum absolute atomic E-state index is 0.411. The van der Waals surface area contributed by atoms with Crippen molar-refractivity contribution in [2.75, 3.05) is 0 Å². The van der Waals surface area contributed by atoms with Crippen LogP contribution in [0.1, 0.15) is 30.3 Å². The van der Waals surface area contributed by atoms with Crippen molar-refractivity contribution in [1.29, 1.82) is 5.26 Å². The molecule has 0 amide bonds. The van der Waals surface area contributed by atoms with Crippen LogP contribution in [-0.4, -0.2) is 9.97 Å². The van der Waals surface area contributed by atoms with Gasteiger partial charge in [0, 0.05) is 6.20 Å². The second kappa shape index (κ2) is 3.35. The predicted octanol–water partition coefficient (Wildman–Crippen LogP) is 2.69. The highest BCUT2D eigenvalue weighted by molar-refractivity contribution is 7.18. The van der Waals surface area contributed by atoms with Crippen molar-refractivity contribution in [2.45, 2.75) is 19.8 Å². The minimum atomic E-state index is 0.411. The maximum absolute atomic E-state index is 8.74. The second-order valence-corrected chi connectivity index (χ2v) is 4.32. The number of fused-ring (bicyclic) bond motifs is 1. The zero-order valence-electron chi connectivity index (χ0n) is 7.98. The maximum atomic E-state index is 8.74. The van der Waals surface area contributed by atoms with Crippen molar-refractivity contribution >= 4 is 21.7 Å². The fourth-order valence-corrected chi connectivity index (χ4v) is 2.10. The van der Waals surface area contributed by atoms with Crippen LogP contribution in [0.3, 0.4) is 0 Å². The lowest BCUT2D eigenvalue weighted by atomic mass is 10.0. The van der Waals surface area contributed by atoms with Crippen LogP contribution in [0, 0.1) is 11.3 Å². The zero-order chi connectivity index (χ0) is 10.1. The van der Waals surface area contributed by atoms with Crippen LogP contribution in [0.15, 0.2) is 12.3 Å². The number of aromatic nitrogens is 2. The standard InChI is InChI=1S/C10H9N3S/c1-6(2)7-3-4-12-10-9(7)13-8(5-11)14-10/h3-4,6H,1-2H3. The van der Waals surface area contributed by atoms with Gasteiger partial charge in [-0.05, 0) is 17.5 Å². The van der Waals surface area contributed by atoms with Crippen LogP contribution in [0.5, 0.6) is 0 Å². The first-order valence-corrected chi connectivity index (χ1v) is 5.19. The average Bonchev–Trinajstić information content (AvgIpc) is 2.59. The molecular weight excluding hydrogens is 194 g/mol. The lowest BCUT2D eigenvalue weighted by Crippen LogP contribution is -1.89. The Balaban J connectivity index is 2.74. The largest absolute Gasteiger partial charge is 0.244 e. The van der Waals surface area contributed by atoms with Crippen molar-refractivity contribution in [3.8, 4) is 6.07 Å². The molecule has 4 heteroatoms. The lowest BCUT2D eigenvalue weighted by molar-refractivity contribution is 0.871. The topological polar surface area (TPSA) is 49.6 Å². The van der Waals surface area contributed by atoms with E-state index in [1.807, 2.05) is 12.1 Å². The summed E-state index contributed by atoms with van der Waals surface area (Å²) < 4.78 is 0. The number of thiazole rings is 1. The molecule has 0 radical (unpaired) electrons. The fraction of sp³-hybridized carbons (Fsp3) is 0.300. The third kappa shape index (κ3) is 1.36. The molecule has 0 aliphatic rings. The molecule has 0 N–H and O–H groups in total. The Hall–Kier alpha value is -1.47. The van der Waals surface area contributed by atoms with E-state index in [9.17, 15) is 0 Å². The van der Waals surface area contributed by atoms with E-state index in [0.29, 0.717) is 10.9 Å². The predicted molar refractivity (Wildman–Crippen MR) is 56.2 cm³/mol. The summed E-state index contributed by atoms with van der Waals surface area (Å²) in [6, 6.07) is 4.02. The van der Waals surface area contributed by atoms with Crippen LogP contribution in [0.25, 0.3) is 10.3 Å². The summed E-state index contributed by atoms with van der Waals surface area (Å²) in [5.41, 5.74) is 2.04. The Bertz CT molecular complexity index is 508. The van der Waals surface area contributed by atoms with E-state index in [1.54, 1.807) is 6.20 Å². The van der Waals surface area contributed by atoms with Gasteiger partial charge >= 0.3 is 0 Å². The second-order valence-electron chi connectivity index (χ2n) is 3.34. The molecule has 0 aliphatic heterocycles. The van der Waals surface area contributed by atoms with E-state index >= 15 is 0 Å². The Morgan fingerprint density at radius 2 is 2.29 bits per heavy atom. The normalized spacial score (nSPS) is 10.7. The van der Waals surface area contributed by atoms with Gasteiger partial charge in [-0.1, -0.05) is 25.2 Å². The quantitative estimate of drug-likeness (QED) is 0.716. The summed E-state index contributed by atoms with van der Waals surface area (Å²) in [6.07, 6.45) is 1.77. The number of hydrogen-bond acceptors (Lipinski definition) is 4. The molecule has 0 unspecified atom stereocenters. The highest BCUT2D eigenvalue weighted by Crippen LogP contribution is 2.26. The van der Waals surface area contributed by atoms with Crippen molar-refractivity contribution in [2.24, 2.45) is 0 Å². The monoisotopic (exact) mass is 203 g/mol. The maximum Gasteiger partial charge on any atom is 0.197 e. The van der Waals surface area contributed by atoms with Gasteiger partial charge in [0.1, 0.15) is 16.4 Å². The first kappa shape index (κ1) is 9.10.